The van der Waals surface area contributed by atoms with Crippen molar-refractivity contribution < 1.29 is 4.74 Å². The monoisotopic (exact) mass is 245 g/mol. The second-order valence-corrected chi connectivity index (χ2v) is 5.54. The molecular formula is C16H23NO. The van der Waals surface area contributed by atoms with E-state index >= 15 is 0 Å². The molecule has 0 radical (unpaired) electrons. The molecule has 2 heteroatoms. The van der Waals surface area contributed by atoms with Crippen molar-refractivity contribution in [2.45, 2.75) is 50.7 Å². The summed E-state index contributed by atoms with van der Waals surface area (Å²) >= 11 is 0. The minimum Gasteiger partial charge on any atom is -0.373 e. The quantitative estimate of drug-likeness (QED) is 0.878. The molecule has 1 aliphatic heterocycles. The lowest BCUT2D eigenvalue weighted by atomic mass is 9.92. The summed E-state index contributed by atoms with van der Waals surface area (Å²) in [6.45, 7) is 4.13. The fourth-order valence-corrected chi connectivity index (χ4v) is 3.06. The summed E-state index contributed by atoms with van der Waals surface area (Å²) in [6.07, 6.45) is 5.30. The predicted octanol–water partition coefficient (Wildman–Crippen LogP) is 3.39. The molecule has 2 aliphatic rings. The smallest absolute Gasteiger partial charge is 0.0842 e. The first-order valence-electron chi connectivity index (χ1n) is 7.32. The van der Waals surface area contributed by atoms with Crippen LogP contribution in [0.1, 0.15) is 55.8 Å². The van der Waals surface area contributed by atoms with Gasteiger partial charge in [0.1, 0.15) is 0 Å². The average Bonchev–Trinajstić information content (AvgIpc) is 3.24. The van der Waals surface area contributed by atoms with E-state index < -0.39 is 0 Å². The third kappa shape index (κ3) is 2.60. The topological polar surface area (TPSA) is 21.3 Å². The fraction of sp³-hybridized carbons (Fsp3) is 0.625. The first-order chi connectivity index (χ1) is 8.88. The Kier molecular flexibility index (Phi) is 3.67. The van der Waals surface area contributed by atoms with Gasteiger partial charge in [-0.1, -0.05) is 31.2 Å². The zero-order valence-electron chi connectivity index (χ0n) is 11.2. The van der Waals surface area contributed by atoms with Crippen molar-refractivity contribution in [3.8, 4) is 0 Å². The molecule has 18 heavy (non-hydrogen) atoms. The molecule has 0 aromatic heterocycles. The summed E-state index contributed by atoms with van der Waals surface area (Å²) < 4.78 is 6.02. The summed E-state index contributed by atoms with van der Waals surface area (Å²) in [4.78, 5) is 0. The zero-order valence-corrected chi connectivity index (χ0v) is 11.2. The van der Waals surface area contributed by atoms with Gasteiger partial charge in [0.15, 0.2) is 0 Å². The van der Waals surface area contributed by atoms with E-state index in [1.807, 2.05) is 0 Å². The molecule has 1 aromatic carbocycles. The van der Waals surface area contributed by atoms with Crippen LogP contribution in [0, 0.1) is 0 Å². The Balaban J connectivity index is 1.77. The van der Waals surface area contributed by atoms with Crippen LogP contribution < -0.4 is 5.32 Å². The van der Waals surface area contributed by atoms with Gasteiger partial charge in [0.25, 0.3) is 0 Å². The minimum absolute atomic E-state index is 0.305. The number of benzene rings is 1. The largest absolute Gasteiger partial charge is 0.373 e. The number of rotatable bonds is 4. The number of ether oxygens (including phenoxy) is 1. The van der Waals surface area contributed by atoms with Gasteiger partial charge in [0, 0.05) is 12.6 Å². The Morgan fingerprint density at radius 1 is 1.17 bits per heavy atom. The van der Waals surface area contributed by atoms with Crippen molar-refractivity contribution in [1.82, 2.24) is 5.32 Å². The van der Waals surface area contributed by atoms with E-state index in [0.717, 1.165) is 31.9 Å². The van der Waals surface area contributed by atoms with Crippen molar-refractivity contribution in [3.05, 3.63) is 35.4 Å². The van der Waals surface area contributed by atoms with Gasteiger partial charge in [-0.2, -0.15) is 0 Å². The lowest BCUT2D eigenvalue weighted by molar-refractivity contribution is 0.000104. The van der Waals surface area contributed by atoms with E-state index in [-0.39, 0.29) is 0 Å². The lowest BCUT2D eigenvalue weighted by Gasteiger charge is -2.31. The Hall–Kier alpha value is -0.860. The Labute approximate surface area is 110 Å². The number of hydrogen-bond donors (Lipinski definition) is 1. The maximum absolute atomic E-state index is 6.02. The molecule has 2 atom stereocenters. The average molecular weight is 245 g/mol. The summed E-state index contributed by atoms with van der Waals surface area (Å²) in [5.41, 5.74) is 2.99. The summed E-state index contributed by atoms with van der Waals surface area (Å²) in [5, 5.41) is 3.57. The molecule has 2 fully saturated rings. The highest BCUT2D eigenvalue weighted by Crippen LogP contribution is 2.44. The fourth-order valence-electron chi connectivity index (χ4n) is 3.06. The molecule has 0 bridgehead atoms. The second-order valence-electron chi connectivity index (χ2n) is 5.54. The molecule has 1 heterocycles. The second kappa shape index (κ2) is 5.41. The van der Waals surface area contributed by atoms with Crippen LogP contribution in [0.4, 0.5) is 0 Å². The van der Waals surface area contributed by atoms with Gasteiger partial charge in [0.05, 0.1) is 6.10 Å². The van der Waals surface area contributed by atoms with Crippen molar-refractivity contribution in [2.75, 3.05) is 13.2 Å². The van der Waals surface area contributed by atoms with Gasteiger partial charge in [-0.15, -0.1) is 0 Å². The first-order valence-corrected chi connectivity index (χ1v) is 7.32. The predicted molar refractivity (Wildman–Crippen MR) is 73.8 cm³/mol. The number of hydrogen-bond acceptors (Lipinski definition) is 2. The van der Waals surface area contributed by atoms with Gasteiger partial charge >= 0.3 is 0 Å². The molecule has 1 N–H and O–H groups in total. The highest BCUT2D eigenvalue weighted by Gasteiger charge is 2.30. The molecule has 1 saturated heterocycles. The zero-order chi connectivity index (χ0) is 12.4. The van der Waals surface area contributed by atoms with Crippen molar-refractivity contribution in [3.63, 3.8) is 0 Å². The highest BCUT2D eigenvalue weighted by molar-refractivity contribution is 5.35. The molecule has 2 nitrogen and oxygen atoms in total. The van der Waals surface area contributed by atoms with Crippen LogP contribution in [0.15, 0.2) is 24.3 Å². The molecule has 1 aliphatic carbocycles. The summed E-state index contributed by atoms with van der Waals surface area (Å²) in [5.74, 6) is 0.810. The SMILES string of the molecule is CCNC1CCOC(c2ccccc2C2CC2)C1. The van der Waals surface area contributed by atoms with Gasteiger partial charge in [-0.05, 0) is 49.3 Å². The van der Waals surface area contributed by atoms with Crippen molar-refractivity contribution in [2.24, 2.45) is 0 Å². The Morgan fingerprint density at radius 3 is 2.67 bits per heavy atom. The van der Waals surface area contributed by atoms with Crippen LogP contribution in [0.25, 0.3) is 0 Å². The molecule has 0 spiro atoms. The Bertz CT molecular complexity index is 398. The van der Waals surface area contributed by atoms with E-state index in [4.69, 9.17) is 4.74 Å². The lowest BCUT2D eigenvalue weighted by Crippen LogP contribution is -2.36. The molecule has 1 saturated carbocycles. The van der Waals surface area contributed by atoms with Crippen LogP contribution in [0.3, 0.4) is 0 Å². The normalized spacial score (nSPS) is 28.3. The van der Waals surface area contributed by atoms with Gasteiger partial charge in [-0.25, -0.2) is 0 Å². The summed E-state index contributed by atoms with van der Waals surface area (Å²) in [6, 6.07) is 9.52. The third-order valence-corrected chi connectivity index (χ3v) is 4.14. The van der Waals surface area contributed by atoms with Crippen molar-refractivity contribution in [1.29, 1.82) is 0 Å². The van der Waals surface area contributed by atoms with E-state index in [1.165, 1.54) is 18.4 Å². The molecule has 3 rings (SSSR count). The molecule has 1 aromatic rings. The first kappa shape index (κ1) is 12.2. The van der Waals surface area contributed by atoms with E-state index in [2.05, 4.69) is 36.5 Å². The van der Waals surface area contributed by atoms with Crippen LogP contribution in [-0.2, 0) is 4.74 Å². The maximum Gasteiger partial charge on any atom is 0.0842 e. The molecular weight excluding hydrogens is 222 g/mol. The van der Waals surface area contributed by atoms with Crippen LogP contribution in [0.2, 0.25) is 0 Å². The molecule has 2 unspecified atom stereocenters. The van der Waals surface area contributed by atoms with Crippen LogP contribution in [0.5, 0.6) is 0 Å². The minimum atomic E-state index is 0.305. The van der Waals surface area contributed by atoms with Gasteiger partial charge in [0.2, 0.25) is 0 Å². The van der Waals surface area contributed by atoms with Crippen LogP contribution in [-0.4, -0.2) is 19.2 Å². The highest BCUT2D eigenvalue weighted by atomic mass is 16.5. The van der Waals surface area contributed by atoms with Gasteiger partial charge in [-0.3, -0.25) is 0 Å². The Morgan fingerprint density at radius 2 is 1.94 bits per heavy atom. The molecule has 98 valence electrons. The number of nitrogens with one attached hydrogen (secondary N) is 1. The van der Waals surface area contributed by atoms with E-state index in [9.17, 15) is 0 Å². The third-order valence-electron chi connectivity index (χ3n) is 4.14. The summed E-state index contributed by atoms with van der Waals surface area (Å²) in [7, 11) is 0. The van der Waals surface area contributed by atoms with Crippen LogP contribution >= 0.6 is 0 Å². The standard InChI is InChI=1S/C16H23NO/c1-2-17-13-9-10-18-16(11-13)15-6-4-3-5-14(15)12-7-8-12/h3-6,12-13,16-17H,2,7-11H2,1H3. The molecule has 0 amide bonds. The maximum atomic E-state index is 6.02. The van der Waals surface area contributed by atoms with Gasteiger partial charge < -0.3 is 10.1 Å². The van der Waals surface area contributed by atoms with E-state index in [0.29, 0.717) is 12.1 Å². The van der Waals surface area contributed by atoms with E-state index in [1.54, 1.807) is 5.56 Å². The van der Waals surface area contributed by atoms with Crippen molar-refractivity contribution >= 4 is 0 Å².